The largest absolute Gasteiger partial charge is 0.493 e. The molecule has 1 aliphatic carbocycles. The fourth-order valence-electron chi connectivity index (χ4n) is 4.41. The number of rotatable bonds is 6. The SMILES string of the molecule is C=C(CC1CCC(COc2cccc3nc(C)cc(N)c23)CC1)c1ccncc1.O=C=O. The second-order valence-corrected chi connectivity index (χ2v) is 8.33. The van der Waals surface area contributed by atoms with Crippen molar-refractivity contribution in [1.82, 2.24) is 9.97 Å². The van der Waals surface area contributed by atoms with Crippen LogP contribution in [0, 0.1) is 18.8 Å². The van der Waals surface area contributed by atoms with Gasteiger partial charge in [-0.25, -0.2) is 0 Å². The first kappa shape index (κ1) is 23.2. The highest BCUT2D eigenvalue weighted by Crippen LogP contribution is 2.36. The number of hydrogen-bond donors (Lipinski definition) is 1. The maximum atomic E-state index is 8.12. The van der Waals surface area contributed by atoms with Crippen molar-refractivity contribution in [2.24, 2.45) is 11.8 Å². The maximum Gasteiger partial charge on any atom is 0.373 e. The molecule has 6 nitrogen and oxygen atoms in total. The van der Waals surface area contributed by atoms with Crippen LogP contribution in [0.5, 0.6) is 5.75 Å². The van der Waals surface area contributed by atoms with Crippen LogP contribution in [0.1, 0.15) is 43.4 Å². The summed E-state index contributed by atoms with van der Waals surface area (Å²) >= 11 is 0. The van der Waals surface area contributed by atoms with E-state index in [1.165, 1.54) is 36.8 Å². The molecule has 0 amide bonds. The lowest BCUT2D eigenvalue weighted by Crippen LogP contribution is -2.20. The molecule has 2 heterocycles. The third-order valence-corrected chi connectivity index (χ3v) is 6.02. The molecule has 1 fully saturated rings. The smallest absolute Gasteiger partial charge is 0.373 e. The Bertz CT molecular complexity index is 1080. The number of benzene rings is 1. The Morgan fingerprint density at radius 1 is 1.12 bits per heavy atom. The molecule has 0 saturated heterocycles. The van der Waals surface area contributed by atoms with E-state index in [-0.39, 0.29) is 6.15 Å². The van der Waals surface area contributed by atoms with E-state index in [1.54, 1.807) is 0 Å². The van der Waals surface area contributed by atoms with E-state index in [1.807, 2.05) is 55.7 Å². The first-order valence-corrected chi connectivity index (χ1v) is 10.9. The number of nitrogens with two attached hydrogens (primary N) is 1. The van der Waals surface area contributed by atoms with Crippen LogP contribution in [0.3, 0.4) is 0 Å². The Kier molecular flexibility index (Phi) is 8.12. The van der Waals surface area contributed by atoms with E-state index in [0.29, 0.717) is 11.8 Å². The van der Waals surface area contributed by atoms with Gasteiger partial charge in [0.15, 0.2) is 0 Å². The molecule has 0 aliphatic heterocycles. The van der Waals surface area contributed by atoms with Crippen LogP contribution >= 0.6 is 0 Å². The van der Waals surface area contributed by atoms with Gasteiger partial charge in [0.25, 0.3) is 0 Å². The molecule has 166 valence electrons. The van der Waals surface area contributed by atoms with Crippen LogP contribution in [0.4, 0.5) is 5.69 Å². The summed E-state index contributed by atoms with van der Waals surface area (Å²) in [4.78, 5) is 24.9. The average molecular weight is 432 g/mol. The zero-order chi connectivity index (χ0) is 22.9. The molecular formula is C26H29N3O3. The van der Waals surface area contributed by atoms with Gasteiger partial charge in [-0.15, -0.1) is 0 Å². The van der Waals surface area contributed by atoms with E-state index >= 15 is 0 Å². The van der Waals surface area contributed by atoms with E-state index in [2.05, 4.69) is 16.5 Å². The third-order valence-electron chi connectivity index (χ3n) is 6.02. The summed E-state index contributed by atoms with van der Waals surface area (Å²) < 4.78 is 6.22. The highest BCUT2D eigenvalue weighted by Gasteiger charge is 2.23. The molecule has 0 spiro atoms. The van der Waals surface area contributed by atoms with E-state index in [0.717, 1.165) is 41.1 Å². The number of aromatic nitrogens is 2. The summed E-state index contributed by atoms with van der Waals surface area (Å²) in [7, 11) is 0. The van der Waals surface area contributed by atoms with E-state index in [4.69, 9.17) is 20.1 Å². The molecule has 2 N–H and O–H groups in total. The quantitative estimate of drug-likeness (QED) is 0.574. The molecule has 2 aromatic heterocycles. The van der Waals surface area contributed by atoms with Crippen LogP contribution in [0.25, 0.3) is 16.5 Å². The van der Waals surface area contributed by atoms with Crippen LogP contribution in [-0.4, -0.2) is 22.7 Å². The van der Waals surface area contributed by atoms with Gasteiger partial charge in [0.2, 0.25) is 0 Å². The highest BCUT2D eigenvalue weighted by atomic mass is 16.5. The molecule has 32 heavy (non-hydrogen) atoms. The molecule has 6 heteroatoms. The van der Waals surface area contributed by atoms with Gasteiger partial charge in [-0.1, -0.05) is 12.6 Å². The molecule has 1 saturated carbocycles. The lowest BCUT2D eigenvalue weighted by Gasteiger charge is -2.29. The van der Waals surface area contributed by atoms with Crippen LogP contribution in [0.15, 0.2) is 55.4 Å². The minimum Gasteiger partial charge on any atom is -0.493 e. The molecule has 3 aromatic rings. The molecular weight excluding hydrogens is 402 g/mol. The van der Waals surface area contributed by atoms with Gasteiger partial charge in [0.05, 0.1) is 17.5 Å². The summed E-state index contributed by atoms with van der Waals surface area (Å²) in [5, 5.41) is 0.931. The zero-order valence-electron chi connectivity index (χ0n) is 18.4. The van der Waals surface area contributed by atoms with E-state index in [9.17, 15) is 0 Å². The third kappa shape index (κ3) is 6.02. The minimum atomic E-state index is 0.250. The summed E-state index contributed by atoms with van der Waals surface area (Å²) in [6.45, 7) is 6.99. The number of nitrogen functional groups attached to an aromatic ring is 1. The number of fused-ring (bicyclic) bond motifs is 1. The molecule has 0 bridgehead atoms. The Hall–Kier alpha value is -3.50. The number of hydrogen-bond acceptors (Lipinski definition) is 6. The Morgan fingerprint density at radius 3 is 2.47 bits per heavy atom. The number of pyridine rings is 2. The summed E-state index contributed by atoms with van der Waals surface area (Å²) in [5.74, 6) is 2.16. The number of nitrogens with zero attached hydrogens (tertiary/aromatic N) is 2. The average Bonchev–Trinajstić information content (AvgIpc) is 2.79. The zero-order valence-corrected chi connectivity index (χ0v) is 18.4. The maximum absolute atomic E-state index is 8.12. The van der Waals surface area contributed by atoms with Crippen LogP contribution in [0.2, 0.25) is 0 Å². The van der Waals surface area contributed by atoms with Gasteiger partial charge < -0.3 is 10.5 Å². The van der Waals surface area contributed by atoms with Crippen molar-refractivity contribution in [3.05, 3.63) is 66.6 Å². The van der Waals surface area contributed by atoms with Crippen molar-refractivity contribution < 1.29 is 14.3 Å². The monoisotopic (exact) mass is 431 g/mol. The lowest BCUT2D eigenvalue weighted by atomic mass is 9.79. The fourth-order valence-corrected chi connectivity index (χ4v) is 4.41. The number of carbonyl (C=O) groups excluding carboxylic acids is 2. The topological polar surface area (TPSA) is 95.2 Å². The Morgan fingerprint density at radius 2 is 1.78 bits per heavy atom. The predicted molar refractivity (Wildman–Crippen MR) is 125 cm³/mol. The van der Waals surface area contributed by atoms with Crippen LogP contribution in [-0.2, 0) is 9.59 Å². The molecule has 0 unspecified atom stereocenters. The van der Waals surface area contributed by atoms with Gasteiger partial charge >= 0.3 is 6.15 Å². The normalized spacial score (nSPS) is 17.7. The van der Waals surface area contributed by atoms with Crippen LogP contribution < -0.4 is 10.5 Å². The Balaban J connectivity index is 0.000000913. The second-order valence-electron chi connectivity index (χ2n) is 8.33. The van der Waals surface area contributed by atoms with Gasteiger partial charge in [-0.2, -0.15) is 9.59 Å². The van der Waals surface area contributed by atoms with Crippen molar-refractivity contribution >= 4 is 28.3 Å². The second kappa shape index (κ2) is 11.2. The molecule has 1 aromatic carbocycles. The Labute approximate surface area is 188 Å². The molecule has 1 aliphatic rings. The number of ether oxygens (including phenoxy) is 1. The molecule has 0 radical (unpaired) electrons. The van der Waals surface area contributed by atoms with Gasteiger partial charge in [0, 0.05) is 23.8 Å². The standard InChI is InChI=1S/C25H29N3O.CO2/c1-17(21-10-12-27-13-11-21)14-19-6-8-20(9-7-19)16-29-24-5-3-4-23-25(24)22(26)15-18(2)28-23;2-1-3/h3-5,10-13,15,19-20H,1,6-9,14,16H2,2H3,(H2,26,28);. The van der Waals surface area contributed by atoms with Crippen molar-refractivity contribution in [2.45, 2.75) is 39.0 Å². The van der Waals surface area contributed by atoms with E-state index < -0.39 is 0 Å². The molecule has 0 atom stereocenters. The number of aryl methyl sites for hydroxylation is 1. The van der Waals surface area contributed by atoms with Gasteiger partial charge in [0.1, 0.15) is 5.75 Å². The van der Waals surface area contributed by atoms with Crippen molar-refractivity contribution in [3.63, 3.8) is 0 Å². The summed E-state index contributed by atoms with van der Waals surface area (Å²) in [6.07, 6.45) is 9.87. The van der Waals surface area contributed by atoms with Crippen molar-refractivity contribution in [3.8, 4) is 5.75 Å². The number of allylic oxidation sites excluding steroid dienone is 1. The van der Waals surface area contributed by atoms with Crippen molar-refractivity contribution in [2.75, 3.05) is 12.3 Å². The lowest BCUT2D eigenvalue weighted by molar-refractivity contribution is -0.191. The minimum absolute atomic E-state index is 0.250. The fraction of sp³-hybridized carbons (Fsp3) is 0.346. The van der Waals surface area contributed by atoms with Gasteiger partial charge in [-0.05, 0) is 92.3 Å². The predicted octanol–water partition coefficient (Wildman–Crippen LogP) is 5.23. The molecule has 4 rings (SSSR count). The summed E-state index contributed by atoms with van der Waals surface area (Å²) in [5.41, 5.74) is 11.2. The highest BCUT2D eigenvalue weighted by molar-refractivity contribution is 5.95. The van der Waals surface area contributed by atoms with Gasteiger partial charge in [-0.3, -0.25) is 9.97 Å². The number of anilines is 1. The first-order valence-electron chi connectivity index (χ1n) is 10.9. The first-order chi connectivity index (χ1) is 15.5. The summed E-state index contributed by atoms with van der Waals surface area (Å²) in [6, 6.07) is 12.0. The van der Waals surface area contributed by atoms with Crippen molar-refractivity contribution in [1.29, 1.82) is 0 Å².